The summed E-state index contributed by atoms with van der Waals surface area (Å²) in [6, 6.07) is 3.18. The molecule has 1 spiro atoms. The van der Waals surface area contributed by atoms with Gasteiger partial charge in [0.15, 0.2) is 11.6 Å². The molecular formula is C21H26N4O4. The molecule has 8 heteroatoms. The zero-order valence-electron chi connectivity index (χ0n) is 17.3. The number of ketones is 1. The fourth-order valence-electron chi connectivity index (χ4n) is 4.76. The normalized spacial score (nSPS) is 18.9. The molecule has 0 radical (unpaired) electrons. The van der Waals surface area contributed by atoms with Crippen LogP contribution in [0.4, 0.5) is 4.79 Å². The molecule has 2 fully saturated rings. The van der Waals surface area contributed by atoms with E-state index in [1.54, 1.807) is 31.0 Å². The Kier molecular flexibility index (Phi) is 4.59. The van der Waals surface area contributed by atoms with Crippen molar-refractivity contribution in [3.8, 4) is 5.82 Å². The van der Waals surface area contributed by atoms with Gasteiger partial charge in [0.25, 0.3) is 5.91 Å². The van der Waals surface area contributed by atoms with Gasteiger partial charge >= 0.3 is 6.03 Å². The Hall–Kier alpha value is -2.90. The van der Waals surface area contributed by atoms with Crippen LogP contribution < -0.4 is 0 Å². The summed E-state index contributed by atoms with van der Waals surface area (Å²) < 4.78 is 6.99. The number of hydrogen-bond acceptors (Lipinski definition) is 5. The summed E-state index contributed by atoms with van der Waals surface area (Å²) in [7, 11) is 1.68. The first-order valence-corrected chi connectivity index (χ1v) is 10.0. The molecule has 0 unspecified atom stereocenters. The minimum Gasteiger partial charge on any atom is -0.360 e. The minimum atomic E-state index is -0.773. The van der Waals surface area contributed by atoms with Gasteiger partial charge in [-0.05, 0) is 39.7 Å². The van der Waals surface area contributed by atoms with Gasteiger partial charge in [0.2, 0.25) is 0 Å². The molecule has 2 aromatic rings. The lowest BCUT2D eigenvalue weighted by Gasteiger charge is -2.35. The van der Waals surface area contributed by atoms with E-state index >= 15 is 0 Å². The summed E-state index contributed by atoms with van der Waals surface area (Å²) in [5, 5.41) is 4.03. The molecule has 2 aliphatic rings. The highest BCUT2D eigenvalue weighted by Gasteiger charge is 2.55. The van der Waals surface area contributed by atoms with Gasteiger partial charge < -0.3 is 9.42 Å². The summed E-state index contributed by atoms with van der Waals surface area (Å²) in [5.41, 5.74) is 1.25. The van der Waals surface area contributed by atoms with E-state index in [2.05, 4.69) is 5.16 Å². The third-order valence-electron chi connectivity index (χ3n) is 6.36. The van der Waals surface area contributed by atoms with Crippen molar-refractivity contribution < 1.29 is 18.9 Å². The SMILES string of the molecule is Cc1cc(-n2c(C)cc(C(=O)CN3C(=O)N(C)C4(CCCCC4)C3=O)c2C)no1. The highest BCUT2D eigenvalue weighted by molar-refractivity contribution is 6.11. The van der Waals surface area contributed by atoms with Crippen LogP contribution in [-0.4, -0.2) is 56.4 Å². The second-order valence-electron chi connectivity index (χ2n) is 8.16. The molecular weight excluding hydrogens is 372 g/mol. The van der Waals surface area contributed by atoms with Crippen LogP contribution in [0, 0.1) is 20.8 Å². The number of carbonyl (C=O) groups excluding carboxylic acids is 3. The number of urea groups is 1. The molecule has 1 aliphatic heterocycles. The van der Waals surface area contributed by atoms with Crippen molar-refractivity contribution >= 4 is 17.7 Å². The number of Topliss-reactive ketones (excluding diaryl/α,β-unsaturated/α-hetero) is 1. The molecule has 3 heterocycles. The van der Waals surface area contributed by atoms with Crippen LogP contribution in [0.25, 0.3) is 5.82 Å². The summed E-state index contributed by atoms with van der Waals surface area (Å²) in [6.07, 6.45) is 4.24. The fourth-order valence-corrected chi connectivity index (χ4v) is 4.76. The fraction of sp³-hybridized carbons (Fsp3) is 0.524. The molecule has 0 N–H and O–H groups in total. The third-order valence-corrected chi connectivity index (χ3v) is 6.36. The summed E-state index contributed by atoms with van der Waals surface area (Å²) in [6.45, 7) is 5.27. The van der Waals surface area contributed by atoms with Gasteiger partial charge in [-0.2, -0.15) is 0 Å². The Morgan fingerprint density at radius 2 is 1.83 bits per heavy atom. The van der Waals surface area contributed by atoms with E-state index < -0.39 is 5.54 Å². The first kappa shape index (κ1) is 19.4. The number of amides is 3. The van der Waals surface area contributed by atoms with Crippen LogP contribution in [0.2, 0.25) is 0 Å². The lowest BCUT2D eigenvalue weighted by molar-refractivity contribution is -0.134. The lowest BCUT2D eigenvalue weighted by Crippen LogP contribution is -2.49. The van der Waals surface area contributed by atoms with Crippen molar-refractivity contribution in [1.82, 2.24) is 19.5 Å². The van der Waals surface area contributed by atoms with Gasteiger partial charge in [0.1, 0.15) is 11.3 Å². The zero-order valence-corrected chi connectivity index (χ0v) is 17.3. The summed E-state index contributed by atoms with van der Waals surface area (Å²) in [5.74, 6) is 0.784. The molecule has 1 aliphatic carbocycles. The second kappa shape index (κ2) is 6.86. The number of aromatic nitrogens is 2. The van der Waals surface area contributed by atoms with Crippen LogP contribution in [0.5, 0.6) is 0 Å². The van der Waals surface area contributed by atoms with Gasteiger partial charge in [-0.1, -0.05) is 24.4 Å². The molecule has 3 amide bonds. The van der Waals surface area contributed by atoms with Crippen molar-refractivity contribution in [2.24, 2.45) is 0 Å². The molecule has 0 atom stereocenters. The molecule has 1 saturated heterocycles. The smallest absolute Gasteiger partial charge is 0.327 e. The highest BCUT2D eigenvalue weighted by atomic mass is 16.5. The molecule has 8 nitrogen and oxygen atoms in total. The van der Waals surface area contributed by atoms with E-state index in [1.807, 2.05) is 18.4 Å². The Labute approximate surface area is 169 Å². The second-order valence-corrected chi connectivity index (χ2v) is 8.16. The van der Waals surface area contributed by atoms with E-state index in [4.69, 9.17) is 4.52 Å². The largest absolute Gasteiger partial charge is 0.360 e. The van der Waals surface area contributed by atoms with Crippen LogP contribution in [0.15, 0.2) is 16.7 Å². The monoisotopic (exact) mass is 398 g/mol. The summed E-state index contributed by atoms with van der Waals surface area (Å²) >= 11 is 0. The Morgan fingerprint density at radius 1 is 1.14 bits per heavy atom. The van der Waals surface area contributed by atoms with E-state index in [0.717, 1.165) is 29.9 Å². The predicted octanol–water partition coefficient (Wildman–Crippen LogP) is 3.17. The Morgan fingerprint density at radius 3 is 2.45 bits per heavy atom. The number of aryl methyl sites for hydroxylation is 2. The Bertz CT molecular complexity index is 996. The quantitative estimate of drug-likeness (QED) is 0.583. The van der Waals surface area contributed by atoms with Crippen LogP contribution >= 0.6 is 0 Å². The zero-order chi connectivity index (χ0) is 20.9. The van der Waals surface area contributed by atoms with Crippen molar-refractivity contribution in [2.75, 3.05) is 13.6 Å². The number of imide groups is 1. The van der Waals surface area contributed by atoms with Crippen molar-refractivity contribution in [2.45, 2.75) is 58.4 Å². The minimum absolute atomic E-state index is 0.237. The van der Waals surface area contributed by atoms with Gasteiger partial charge in [-0.15, -0.1) is 0 Å². The number of hydrogen-bond donors (Lipinski definition) is 0. The molecule has 154 valence electrons. The maximum absolute atomic E-state index is 13.1. The maximum atomic E-state index is 13.1. The third kappa shape index (κ3) is 2.89. The standard InChI is InChI=1S/C21H26N4O4/c1-13-10-16(15(3)25(13)18-11-14(2)29-22-18)17(26)12-24-19(27)21(23(4)20(24)28)8-6-5-7-9-21/h10-11H,5-9,12H2,1-4H3. The van der Waals surface area contributed by atoms with Gasteiger partial charge in [-0.3, -0.25) is 19.1 Å². The van der Waals surface area contributed by atoms with Crippen molar-refractivity contribution in [1.29, 1.82) is 0 Å². The molecule has 4 rings (SSSR count). The molecule has 2 aromatic heterocycles. The van der Waals surface area contributed by atoms with Gasteiger partial charge in [-0.25, -0.2) is 4.79 Å². The van der Waals surface area contributed by atoms with Crippen LogP contribution in [-0.2, 0) is 4.79 Å². The topological polar surface area (TPSA) is 88.7 Å². The number of carbonyl (C=O) groups is 3. The van der Waals surface area contributed by atoms with Crippen LogP contribution in [0.3, 0.4) is 0 Å². The van der Waals surface area contributed by atoms with Gasteiger partial charge in [0.05, 0.1) is 6.54 Å². The number of nitrogens with zero attached hydrogens (tertiary/aromatic N) is 4. The summed E-state index contributed by atoms with van der Waals surface area (Å²) in [4.78, 5) is 41.7. The maximum Gasteiger partial charge on any atom is 0.327 e. The van der Waals surface area contributed by atoms with Crippen molar-refractivity contribution in [3.05, 3.63) is 34.8 Å². The average Bonchev–Trinajstić information content (AvgIpc) is 3.30. The van der Waals surface area contributed by atoms with Gasteiger partial charge in [0, 0.05) is 30.1 Å². The van der Waals surface area contributed by atoms with E-state index in [9.17, 15) is 14.4 Å². The average molecular weight is 398 g/mol. The first-order chi connectivity index (χ1) is 13.8. The predicted molar refractivity (Wildman–Crippen MR) is 105 cm³/mol. The van der Waals surface area contributed by atoms with Crippen LogP contribution in [0.1, 0.15) is 59.6 Å². The highest BCUT2D eigenvalue weighted by Crippen LogP contribution is 2.39. The first-order valence-electron chi connectivity index (χ1n) is 10.0. The molecule has 29 heavy (non-hydrogen) atoms. The molecule has 0 bridgehead atoms. The van der Waals surface area contributed by atoms with Crippen molar-refractivity contribution in [3.63, 3.8) is 0 Å². The number of rotatable bonds is 4. The Balaban J connectivity index is 1.60. The lowest BCUT2D eigenvalue weighted by atomic mass is 9.80. The molecule has 1 saturated carbocycles. The molecule has 0 aromatic carbocycles. The number of likely N-dealkylation sites (N-methyl/N-ethyl adjacent to an activating group) is 1. The van der Waals surface area contributed by atoms with E-state index in [1.165, 1.54) is 0 Å². The van der Waals surface area contributed by atoms with E-state index in [-0.39, 0.29) is 24.3 Å². The van der Waals surface area contributed by atoms with E-state index in [0.29, 0.717) is 35.7 Å².